The fourth-order valence-corrected chi connectivity index (χ4v) is 3.05. The van der Waals surface area contributed by atoms with Crippen molar-refractivity contribution in [2.45, 2.75) is 13.3 Å². The highest BCUT2D eigenvalue weighted by Crippen LogP contribution is 2.30. The van der Waals surface area contributed by atoms with E-state index in [9.17, 15) is 9.59 Å². The van der Waals surface area contributed by atoms with Crippen LogP contribution in [-0.2, 0) is 9.59 Å². The molecule has 4 rings (SSSR count). The first-order valence-corrected chi connectivity index (χ1v) is 8.08. The van der Waals surface area contributed by atoms with Gasteiger partial charge in [0, 0.05) is 24.2 Å². The minimum absolute atomic E-state index is 0.106. The monoisotopic (exact) mass is 335 g/mol. The van der Waals surface area contributed by atoms with Crippen LogP contribution in [0.25, 0.3) is 22.6 Å². The zero-order valence-corrected chi connectivity index (χ0v) is 13.7. The molecule has 1 atom stereocenters. The number of amides is 2. The van der Waals surface area contributed by atoms with E-state index in [-0.39, 0.29) is 12.3 Å². The number of benzene rings is 2. The molecule has 0 spiro atoms. The van der Waals surface area contributed by atoms with Gasteiger partial charge in [0.25, 0.3) is 0 Å². The zero-order chi connectivity index (χ0) is 17.6. The number of nitrogens with zero attached hydrogens (tertiary/aromatic N) is 2. The lowest BCUT2D eigenvalue weighted by Gasteiger charge is -2.15. The van der Waals surface area contributed by atoms with Crippen molar-refractivity contribution in [1.29, 1.82) is 0 Å². The molecule has 2 N–H and O–H groups in total. The van der Waals surface area contributed by atoms with Crippen molar-refractivity contribution in [2.75, 3.05) is 11.4 Å². The third-order valence-corrected chi connectivity index (χ3v) is 4.51. The standard InChI is InChI=1S/C19H17N3O3/c1-11-2-4-12(5-3-11)19-21-15-9-14(6-7-16(15)25-19)22-10-13(18(20)24)8-17(22)23/h2-7,9,13H,8,10H2,1H3,(H2,20,24). The smallest absolute Gasteiger partial charge is 0.227 e. The molecule has 0 radical (unpaired) electrons. The minimum atomic E-state index is -0.444. The summed E-state index contributed by atoms with van der Waals surface area (Å²) in [4.78, 5) is 29.6. The SMILES string of the molecule is Cc1ccc(-c2nc3cc(N4CC(C(N)=O)CC4=O)ccc3o2)cc1. The van der Waals surface area contributed by atoms with Gasteiger partial charge in [-0.15, -0.1) is 0 Å². The molecule has 0 aliphatic carbocycles. The van der Waals surface area contributed by atoms with E-state index in [0.717, 1.165) is 5.56 Å². The predicted octanol–water partition coefficient (Wildman–Crippen LogP) is 2.64. The zero-order valence-electron chi connectivity index (χ0n) is 13.7. The Kier molecular flexibility index (Phi) is 3.53. The lowest BCUT2D eigenvalue weighted by Crippen LogP contribution is -2.28. The number of rotatable bonds is 3. The van der Waals surface area contributed by atoms with E-state index in [1.165, 1.54) is 5.56 Å². The van der Waals surface area contributed by atoms with Gasteiger partial charge < -0.3 is 15.1 Å². The van der Waals surface area contributed by atoms with Crippen molar-refractivity contribution in [1.82, 2.24) is 4.98 Å². The van der Waals surface area contributed by atoms with Crippen molar-refractivity contribution in [2.24, 2.45) is 11.7 Å². The number of aryl methyl sites for hydroxylation is 1. The van der Waals surface area contributed by atoms with Crippen LogP contribution in [0.1, 0.15) is 12.0 Å². The molecule has 1 aliphatic heterocycles. The summed E-state index contributed by atoms with van der Waals surface area (Å²) >= 11 is 0. The second-order valence-corrected chi connectivity index (χ2v) is 6.34. The van der Waals surface area contributed by atoms with Crippen LogP contribution >= 0.6 is 0 Å². The van der Waals surface area contributed by atoms with Gasteiger partial charge in [-0.2, -0.15) is 0 Å². The van der Waals surface area contributed by atoms with Crippen LogP contribution < -0.4 is 10.6 Å². The van der Waals surface area contributed by atoms with Gasteiger partial charge in [0.15, 0.2) is 5.58 Å². The average Bonchev–Trinajstić information content (AvgIpc) is 3.18. The number of hydrogen-bond donors (Lipinski definition) is 1. The van der Waals surface area contributed by atoms with Gasteiger partial charge in [-0.3, -0.25) is 9.59 Å². The van der Waals surface area contributed by atoms with E-state index < -0.39 is 11.8 Å². The van der Waals surface area contributed by atoms with Crippen molar-refractivity contribution < 1.29 is 14.0 Å². The highest BCUT2D eigenvalue weighted by Gasteiger charge is 2.34. The van der Waals surface area contributed by atoms with E-state index in [0.29, 0.717) is 29.2 Å². The van der Waals surface area contributed by atoms with E-state index in [1.54, 1.807) is 23.1 Å². The third-order valence-electron chi connectivity index (χ3n) is 4.51. The van der Waals surface area contributed by atoms with Gasteiger partial charge in [-0.05, 0) is 37.3 Å². The summed E-state index contributed by atoms with van der Waals surface area (Å²) in [5.74, 6) is -0.455. The molecule has 1 aromatic heterocycles. The maximum atomic E-state index is 12.2. The molecule has 0 saturated carbocycles. The lowest BCUT2D eigenvalue weighted by atomic mass is 10.1. The summed E-state index contributed by atoms with van der Waals surface area (Å²) in [7, 11) is 0. The van der Waals surface area contributed by atoms with Crippen LogP contribution in [0.3, 0.4) is 0 Å². The first-order valence-electron chi connectivity index (χ1n) is 8.08. The van der Waals surface area contributed by atoms with E-state index in [1.807, 2.05) is 31.2 Å². The minimum Gasteiger partial charge on any atom is -0.436 e. The second-order valence-electron chi connectivity index (χ2n) is 6.34. The second kappa shape index (κ2) is 5.73. The molecule has 1 fully saturated rings. The first kappa shape index (κ1) is 15.4. The summed E-state index contributed by atoms with van der Waals surface area (Å²) in [6.45, 7) is 2.33. The molecule has 1 unspecified atom stereocenters. The Balaban J connectivity index is 1.68. The Bertz CT molecular complexity index is 975. The Morgan fingerprint density at radius 3 is 2.68 bits per heavy atom. The fourth-order valence-electron chi connectivity index (χ4n) is 3.05. The molecule has 1 aliphatic rings. The van der Waals surface area contributed by atoms with Crippen LogP contribution in [-0.4, -0.2) is 23.3 Å². The largest absolute Gasteiger partial charge is 0.436 e. The van der Waals surface area contributed by atoms with Crippen LogP contribution in [0.2, 0.25) is 0 Å². The number of hydrogen-bond acceptors (Lipinski definition) is 4. The van der Waals surface area contributed by atoms with Gasteiger partial charge in [0.2, 0.25) is 17.7 Å². The van der Waals surface area contributed by atoms with Gasteiger partial charge >= 0.3 is 0 Å². The van der Waals surface area contributed by atoms with Crippen LogP contribution in [0.4, 0.5) is 5.69 Å². The Morgan fingerprint density at radius 2 is 2.00 bits per heavy atom. The predicted molar refractivity (Wildman–Crippen MR) is 93.8 cm³/mol. The molecule has 1 saturated heterocycles. The summed E-state index contributed by atoms with van der Waals surface area (Å²) < 4.78 is 5.81. The lowest BCUT2D eigenvalue weighted by molar-refractivity contribution is -0.123. The van der Waals surface area contributed by atoms with Gasteiger partial charge in [-0.1, -0.05) is 17.7 Å². The normalized spacial score (nSPS) is 17.4. The van der Waals surface area contributed by atoms with E-state index in [2.05, 4.69) is 4.98 Å². The van der Waals surface area contributed by atoms with Gasteiger partial charge in [0.05, 0.1) is 5.92 Å². The molecular formula is C19H17N3O3. The average molecular weight is 335 g/mol. The molecular weight excluding hydrogens is 318 g/mol. The molecule has 2 amide bonds. The maximum absolute atomic E-state index is 12.2. The summed E-state index contributed by atoms with van der Waals surface area (Å²) in [6, 6.07) is 13.3. The van der Waals surface area contributed by atoms with Crippen LogP contribution in [0.5, 0.6) is 0 Å². The number of carbonyl (C=O) groups is 2. The number of fused-ring (bicyclic) bond motifs is 1. The molecule has 2 aromatic carbocycles. The van der Waals surface area contributed by atoms with Crippen molar-refractivity contribution >= 4 is 28.6 Å². The molecule has 25 heavy (non-hydrogen) atoms. The number of aromatic nitrogens is 1. The molecule has 3 aromatic rings. The molecule has 126 valence electrons. The number of carbonyl (C=O) groups excluding carboxylic acids is 2. The van der Waals surface area contributed by atoms with Gasteiger partial charge in [0.1, 0.15) is 5.52 Å². The highest BCUT2D eigenvalue weighted by atomic mass is 16.3. The number of oxazole rings is 1. The van der Waals surface area contributed by atoms with Crippen LogP contribution in [0, 0.1) is 12.8 Å². The Morgan fingerprint density at radius 1 is 1.24 bits per heavy atom. The summed E-state index contributed by atoms with van der Waals surface area (Å²) in [6.07, 6.45) is 0.154. The van der Waals surface area contributed by atoms with Crippen LogP contribution in [0.15, 0.2) is 46.9 Å². The third kappa shape index (κ3) is 2.76. The van der Waals surface area contributed by atoms with Crippen molar-refractivity contribution in [3.8, 4) is 11.5 Å². The fraction of sp³-hybridized carbons (Fsp3) is 0.211. The number of nitrogens with two attached hydrogens (primary N) is 1. The van der Waals surface area contributed by atoms with Crippen molar-refractivity contribution in [3.05, 3.63) is 48.0 Å². The molecule has 0 bridgehead atoms. The number of primary amides is 1. The molecule has 6 nitrogen and oxygen atoms in total. The van der Waals surface area contributed by atoms with Crippen molar-refractivity contribution in [3.63, 3.8) is 0 Å². The topological polar surface area (TPSA) is 89.4 Å². The molecule has 6 heteroatoms. The Labute approximate surface area is 144 Å². The maximum Gasteiger partial charge on any atom is 0.227 e. The number of anilines is 1. The first-order chi connectivity index (χ1) is 12.0. The summed E-state index contributed by atoms with van der Waals surface area (Å²) in [5, 5.41) is 0. The Hall–Kier alpha value is -3.15. The van der Waals surface area contributed by atoms with E-state index >= 15 is 0 Å². The quantitative estimate of drug-likeness (QED) is 0.797. The van der Waals surface area contributed by atoms with E-state index in [4.69, 9.17) is 10.2 Å². The summed E-state index contributed by atoms with van der Waals surface area (Å²) in [5.41, 5.74) is 9.41. The molecule has 2 heterocycles. The highest BCUT2D eigenvalue weighted by molar-refractivity contribution is 6.01. The van der Waals surface area contributed by atoms with Gasteiger partial charge in [-0.25, -0.2) is 4.98 Å².